The van der Waals surface area contributed by atoms with Gasteiger partial charge in [-0.1, -0.05) is 12.1 Å². The van der Waals surface area contributed by atoms with Gasteiger partial charge in [0.25, 0.3) is 0 Å². The molecule has 0 bridgehead atoms. The standard InChI is InChI=1S/C21H32N2O3/c1-16(2)22-20(24)12-18-13-21(26-15-18)8-10-23(11-9-21)14-17-4-6-19(25-3)7-5-17/h4-7,16,18H,8-15H2,1-3H3,(H,22,24)/t18-/m0/s1. The molecule has 5 heteroatoms. The Morgan fingerprint density at radius 2 is 2.00 bits per heavy atom. The third kappa shape index (κ3) is 4.98. The number of nitrogens with one attached hydrogen (secondary N) is 1. The smallest absolute Gasteiger partial charge is 0.220 e. The van der Waals surface area contributed by atoms with Crippen LogP contribution >= 0.6 is 0 Å². The van der Waals surface area contributed by atoms with Crippen LogP contribution in [-0.4, -0.2) is 49.3 Å². The number of hydrogen-bond donors (Lipinski definition) is 1. The van der Waals surface area contributed by atoms with Crippen LogP contribution in [0.4, 0.5) is 0 Å². The average molecular weight is 360 g/mol. The molecule has 0 aliphatic carbocycles. The van der Waals surface area contributed by atoms with E-state index in [-0.39, 0.29) is 17.6 Å². The fourth-order valence-corrected chi connectivity index (χ4v) is 4.17. The summed E-state index contributed by atoms with van der Waals surface area (Å²) < 4.78 is 11.4. The van der Waals surface area contributed by atoms with Crippen molar-refractivity contribution in [1.82, 2.24) is 10.2 Å². The lowest BCUT2D eigenvalue weighted by atomic mass is 9.84. The third-order valence-electron chi connectivity index (χ3n) is 5.54. The highest BCUT2D eigenvalue weighted by Gasteiger charge is 2.42. The van der Waals surface area contributed by atoms with Crippen molar-refractivity contribution in [2.75, 3.05) is 26.8 Å². The molecule has 2 heterocycles. The van der Waals surface area contributed by atoms with Crippen LogP contribution in [0.5, 0.6) is 5.75 Å². The second kappa shape index (κ2) is 8.40. The zero-order chi connectivity index (χ0) is 18.6. The maximum absolute atomic E-state index is 12.0. The van der Waals surface area contributed by atoms with E-state index in [1.165, 1.54) is 5.56 Å². The van der Waals surface area contributed by atoms with Gasteiger partial charge in [-0.3, -0.25) is 9.69 Å². The maximum Gasteiger partial charge on any atom is 0.220 e. The number of rotatable bonds is 6. The van der Waals surface area contributed by atoms with Gasteiger partial charge in [-0.05, 0) is 56.7 Å². The van der Waals surface area contributed by atoms with Gasteiger partial charge in [0.2, 0.25) is 5.91 Å². The lowest BCUT2D eigenvalue weighted by Gasteiger charge is -2.38. The Morgan fingerprint density at radius 1 is 1.31 bits per heavy atom. The van der Waals surface area contributed by atoms with Gasteiger partial charge in [0.1, 0.15) is 5.75 Å². The zero-order valence-electron chi connectivity index (χ0n) is 16.3. The van der Waals surface area contributed by atoms with Gasteiger partial charge >= 0.3 is 0 Å². The molecule has 1 N–H and O–H groups in total. The molecule has 1 amide bonds. The van der Waals surface area contributed by atoms with Crippen molar-refractivity contribution in [2.45, 2.75) is 57.7 Å². The zero-order valence-corrected chi connectivity index (χ0v) is 16.3. The number of benzene rings is 1. The molecule has 26 heavy (non-hydrogen) atoms. The first kappa shape index (κ1) is 19.2. The van der Waals surface area contributed by atoms with E-state index in [1.54, 1.807) is 7.11 Å². The lowest BCUT2D eigenvalue weighted by molar-refractivity contribution is -0.122. The van der Waals surface area contributed by atoms with Crippen molar-refractivity contribution in [2.24, 2.45) is 5.92 Å². The molecule has 2 fully saturated rings. The Balaban J connectivity index is 1.45. The topological polar surface area (TPSA) is 50.8 Å². The van der Waals surface area contributed by atoms with Gasteiger partial charge in [-0.2, -0.15) is 0 Å². The number of carbonyl (C=O) groups excluding carboxylic acids is 1. The largest absolute Gasteiger partial charge is 0.497 e. The quantitative estimate of drug-likeness (QED) is 0.847. The van der Waals surface area contributed by atoms with E-state index >= 15 is 0 Å². The van der Waals surface area contributed by atoms with Gasteiger partial charge in [0.05, 0.1) is 19.3 Å². The van der Waals surface area contributed by atoms with Crippen LogP contribution in [0.25, 0.3) is 0 Å². The molecule has 144 valence electrons. The molecule has 5 nitrogen and oxygen atoms in total. The first-order chi connectivity index (χ1) is 12.5. The van der Waals surface area contributed by atoms with Crippen LogP contribution in [0, 0.1) is 5.92 Å². The SMILES string of the molecule is COc1ccc(CN2CCC3(CC2)C[C@H](CC(=O)NC(C)C)CO3)cc1. The Hall–Kier alpha value is -1.59. The van der Waals surface area contributed by atoms with E-state index in [0.717, 1.165) is 51.3 Å². The predicted molar refractivity (Wildman–Crippen MR) is 102 cm³/mol. The molecular formula is C21H32N2O3. The summed E-state index contributed by atoms with van der Waals surface area (Å²) in [6, 6.07) is 8.53. The molecule has 0 radical (unpaired) electrons. The molecule has 0 saturated carbocycles. The predicted octanol–water partition coefficient (Wildman–Crippen LogP) is 2.98. The first-order valence-electron chi connectivity index (χ1n) is 9.77. The number of ether oxygens (including phenoxy) is 2. The van der Waals surface area contributed by atoms with Crippen LogP contribution < -0.4 is 10.1 Å². The molecule has 1 aromatic carbocycles. The highest BCUT2D eigenvalue weighted by molar-refractivity contribution is 5.76. The lowest BCUT2D eigenvalue weighted by Crippen LogP contribution is -2.43. The van der Waals surface area contributed by atoms with Gasteiger partial charge in [0.15, 0.2) is 0 Å². The van der Waals surface area contributed by atoms with Crippen LogP contribution in [0.1, 0.15) is 45.1 Å². The van der Waals surface area contributed by atoms with Gasteiger partial charge in [0, 0.05) is 32.1 Å². The third-order valence-corrected chi connectivity index (χ3v) is 5.54. The van der Waals surface area contributed by atoms with Crippen LogP contribution in [-0.2, 0) is 16.1 Å². The molecule has 0 unspecified atom stereocenters. The minimum absolute atomic E-state index is 0.000808. The summed E-state index contributed by atoms with van der Waals surface area (Å²) in [6.45, 7) is 7.81. The van der Waals surface area contributed by atoms with Gasteiger partial charge in [-0.15, -0.1) is 0 Å². The molecule has 1 atom stereocenters. The minimum atomic E-state index is -0.000808. The molecule has 1 aromatic rings. The number of amides is 1. The summed E-state index contributed by atoms with van der Waals surface area (Å²) in [5, 5.41) is 2.99. The Kier molecular flexibility index (Phi) is 6.20. The van der Waals surface area contributed by atoms with E-state index < -0.39 is 0 Å². The van der Waals surface area contributed by atoms with E-state index in [1.807, 2.05) is 26.0 Å². The monoisotopic (exact) mass is 360 g/mol. The fourth-order valence-electron chi connectivity index (χ4n) is 4.17. The summed E-state index contributed by atoms with van der Waals surface area (Å²) in [4.78, 5) is 14.5. The summed E-state index contributed by atoms with van der Waals surface area (Å²) in [7, 11) is 1.69. The van der Waals surface area contributed by atoms with Crippen molar-refractivity contribution >= 4 is 5.91 Å². The van der Waals surface area contributed by atoms with Crippen molar-refractivity contribution in [1.29, 1.82) is 0 Å². The fraction of sp³-hybridized carbons (Fsp3) is 0.667. The molecular weight excluding hydrogens is 328 g/mol. The molecule has 2 aliphatic heterocycles. The van der Waals surface area contributed by atoms with E-state index in [9.17, 15) is 4.79 Å². The normalized spacial score (nSPS) is 22.7. The maximum atomic E-state index is 12.0. The van der Waals surface area contributed by atoms with Crippen LogP contribution in [0.15, 0.2) is 24.3 Å². The second-order valence-electron chi connectivity index (χ2n) is 8.11. The molecule has 2 aliphatic rings. The number of nitrogens with zero attached hydrogens (tertiary/aromatic N) is 1. The summed E-state index contributed by atoms with van der Waals surface area (Å²) in [5.41, 5.74) is 1.32. The van der Waals surface area contributed by atoms with E-state index in [0.29, 0.717) is 12.3 Å². The van der Waals surface area contributed by atoms with E-state index in [4.69, 9.17) is 9.47 Å². The molecule has 1 spiro atoms. The number of piperidine rings is 1. The first-order valence-corrected chi connectivity index (χ1v) is 9.77. The minimum Gasteiger partial charge on any atom is -0.497 e. The van der Waals surface area contributed by atoms with Crippen LogP contribution in [0.2, 0.25) is 0 Å². The molecule has 2 saturated heterocycles. The summed E-state index contributed by atoms with van der Waals surface area (Å²) in [6.07, 6.45) is 3.74. The number of carbonyl (C=O) groups is 1. The summed E-state index contributed by atoms with van der Waals surface area (Å²) in [5.74, 6) is 1.42. The van der Waals surface area contributed by atoms with Gasteiger partial charge in [-0.25, -0.2) is 0 Å². The van der Waals surface area contributed by atoms with Crippen LogP contribution in [0.3, 0.4) is 0 Å². The average Bonchev–Trinajstić information content (AvgIpc) is 2.99. The van der Waals surface area contributed by atoms with Crippen molar-refractivity contribution in [3.05, 3.63) is 29.8 Å². The highest BCUT2D eigenvalue weighted by Crippen LogP contribution is 2.40. The van der Waals surface area contributed by atoms with Crippen molar-refractivity contribution < 1.29 is 14.3 Å². The molecule has 3 rings (SSSR count). The van der Waals surface area contributed by atoms with Crippen molar-refractivity contribution in [3.63, 3.8) is 0 Å². The number of likely N-dealkylation sites (tertiary alicyclic amines) is 1. The Bertz CT molecular complexity index is 592. The Labute approximate surface area is 157 Å². The van der Waals surface area contributed by atoms with E-state index in [2.05, 4.69) is 22.3 Å². The Morgan fingerprint density at radius 3 is 2.62 bits per heavy atom. The highest BCUT2D eigenvalue weighted by atomic mass is 16.5. The number of hydrogen-bond acceptors (Lipinski definition) is 4. The summed E-state index contributed by atoms with van der Waals surface area (Å²) >= 11 is 0. The number of methoxy groups -OCH3 is 1. The second-order valence-corrected chi connectivity index (χ2v) is 8.11. The van der Waals surface area contributed by atoms with Gasteiger partial charge < -0.3 is 14.8 Å². The van der Waals surface area contributed by atoms with Crippen molar-refractivity contribution in [3.8, 4) is 5.75 Å². The molecule has 0 aromatic heterocycles.